The number of unbranched alkanes of at least 4 members (excludes halogenated alkanes) is 2. The molecular weight excluding hydrogens is 236 g/mol. The van der Waals surface area contributed by atoms with Gasteiger partial charge in [0.2, 0.25) is 0 Å². The average molecular weight is 257 g/mol. The van der Waals surface area contributed by atoms with Crippen molar-refractivity contribution in [3.05, 3.63) is 28.8 Å². The van der Waals surface area contributed by atoms with Gasteiger partial charge in [-0.1, -0.05) is 17.7 Å². The summed E-state index contributed by atoms with van der Waals surface area (Å²) in [6, 6.07) is 5.93. The first-order valence-corrected chi connectivity index (χ1v) is 6.37. The van der Waals surface area contributed by atoms with E-state index >= 15 is 0 Å². The summed E-state index contributed by atoms with van der Waals surface area (Å²) in [7, 11) is 2.03. The number of aliphatic hydroxyl groups excluding tert-OH is 1. The SMILES string of the molecule is CN(CCCCCO)c1ccc(CN)cc1Cl. The van der Waals surface area contributed by atoms with Crippen molar-refractivity contribution < 1.29 is 5.11 Å². The highest BCUT2D eigenvalue weighted by molar-refractivity contribution is 6.33. The van der Waals surface area contributed by atoms with Gasteiger partial charge >= 0.3 is 0 Å². The minimum Gasteiger partial charge on any atom is -0.396 e. The van der Waals surface area contributed by atoms with Crippen LogP contribution in [0.5, 0.6) is 0 Å². The Labute approximate surface area is 108 Å². The number of hydrogen-bond donors (Lipinski definition) is 2. The number of aliphatic hydroxyl groups is 1. The molecule has 0 radical (unpaired) electrons. The smallest absolute Gasteiger partial charge is 0.0642 e. The van der Waals surface area contributed by atoms with E-state index in [2.05, 4.69) is 4.90 Å². The van der Waals surface area contributed by atoms with Crippen LogP contribution in [0.2, 0.25) is 5.02 Å². The number of anilines is 1. The quantitative estimate of drug-likeness (QED) is 0.737. The molecule has 0 spiro atoms. The van der Waals surface area contributed by atoms with Crippen molar-refractivity contribution in [1.82, 2.24) is 0 Å². The Kier molecular flexibility index (Phi) is 6.34. The topological polar surface area (TPSA) is 49.5 Å². The van der Waals surface area contributed by atoms with Gasteiger partial charge in [0.15, 0.2) is 0 Å². The number of halogens is 1. The Bertz CT molecular complexity index is 344. The van der Waals surface area contributed by atoms with E-state index in [1.54, 1.807) is 0 Å². The van der Waals surface area contributed by atoms with Gasteiger partial charge in [0.05, 0.1) is 10.7 Å². The lowest BCUT2D eigenvalue weighted by molar-refractivity contribution is 0.283. The van der Waals surface area contributed by atoms with Gasteiger partial charge in [-0.05, 0) is 37.0 Å². The molecule has 0 aliphatic rings. The molecule has 0 fully saturated rings. The summed E-state index contributed by atoms with van der Waals surface area (Å²) in [6.45, 7) is 1.73. The van der Waals surface area contributed by atoms with E-state index in [1.165, 1.54) is 0 Å². The minimum atomic E-state index is 0.273. The Balaban J connectivity index is 2.53. The van der Waals surface area contributed by atoms with Gasteiger partial charge < -0.3 is 15.7 Å². The van der Waals surface area contributed by atoms with Crippen molar-refractivity contribution in [2.24, 2.45) is 5.73 Å². The summed E-state index contributed by atoms with van der Waals surface area (Å²) in [6.07, 6.45) is 2.97. The zero-order valence-electron chi connectivity index (χ0n) is 10.3. The molecule has 0 heterocycles. The molecule has 0 unspecified atom stereocenters. The third kappa shape index (κ3) is 4.54. The Morgan fingerprint density at radius 1 is 1.29 bits per heavy atom. The lowest BCUT2D eigenvalue weighted by Gasteiger charge is -2.21. The third-order valence-corrected chi connectivity index (χ3v) is 3.11. The Morgan fingerprint density at radius 3 is 2.65 bits per heavy atom. The van der Waals surface area contributed by atoms with Gasteiger partial charge in [-0.3, -0.25) is 0 Å². The van der Waals surface area contributed by atoms with E-state index in [0.717, 1.165) is 42.1 Å². The molecule has 1 rings (SSSR count). The maximum Gasteiger partial charge on any atom is 0.0642 e. The predicted molar refractivity (Wildman–Crippen MR) is 73.6 cm³/mol. The van der Waals surface area contributed by atoms with Crippen molar-refractivity contribution in [3.63, 3.8) is 0 Å². The summed E-state index contributed by atoms with van der Waals surface area (Å²) in [5.41, 5.74) is 7.65. The lowest BCUT2D eigenvalue weighted by atomic mass is 10.2. The maximum absolute atomic E-state index is 8.70. The third-order valence-electron chi connectivity index (χ3n) is 2.81. The second-order valence-electron chi connectivity index (χ2n) is 4.20. The van der Waals surface area contributed by atoms with E-state index < -0.39 is 0 Å². The van der Waals surface area contributed by atoms with Gasteiger partial charge in [-0.25, -0.2) is 0 Å². The second-order valence-corrected chi connectivity index (χ2v) is 4.60. The summed E-state index contributed by atoms with van der Waals surface area (Å²) >= 11 is 6.21. The van der Waals surface area contributed by atoms with Crippen LogP contribution in [0.3, 0.4) is 0 Å². The number of benzene rings is 1. The first kappa shape index (κ1) is 14.3. The highest BCUT2D eigenvalue weighted by Crippen LogP contribution is 2.26. The minimum absolute atomic E-state index is 0.273. The van der Waals surface area contributed by atoms with Crippen molar-refractivity contribution >= 4 is 17.3 Å². The van der Waals surface area contributed by atoms with Crippen molar-refractivity contribution in [2.75, 3.05) is 25.1 Å². The number of rotatable bonds is 7. The van der Waals surface area contributed by atoms with Crippen LogP contribution in [-0.2, 0) is 6.54 Å². The van der Waals surface area contributed by atoms with Gasteiger partial charge in [0.25, 0.3) is 0 Å². The van der Waals surface area contributed by atoms with Crippen LogP contribution in [0.25, 0.3) is 0 Å². The molecule has 96 valence electrons. The van der Waals surface area contributed by atoms with E-state index in [9.17, 15) is 0 Å². The summed E-state index contributed by atoms with van der Waals surface area (Å²) in [5, 5.41) is 9.45. The molecule has 1 aromatic carbocycles. The predicted octanol–water partition coefficient (Wildman–Crippen LogP) is 2.40. The van der Waals surface area contributed by atoms with Crippen LogP contribution < -0.4 is 10.6 Å². The number of nitrogens with zero attached hydrogens (tertiary/aromatic N) is 1. The number of hydrogen-bond acceptors (Lipinski definition) is 3. The Morgan fingerprint density at radius 2 is 2.06 bits per heavy atom. The molecule has 0 aliphatic carbocycles. The van der Waals surface area contributed by atoms with Crippen LogP contribution in [0.4, 0.5) is 5.69 Å². The molecule has 0 atom stereocenters. The molecule has 3 N–H and O–H groups in total. The van der Waals surface area contributed by atoms with Gasteiger partial charge in [-0.15, -0.1) is 0 Å². The molecular formula is C13H21ClN2O. The van der Waals surface area contributed by atoms with Crippen LogP contribution in [0.1, 0.15) is 24.8 Å². The zero-order chi connectivity index (χ0) is 12.7. The molecule has 4 heteroatoms. The van der Waals surface area contributed by atoms with Crippen LogP contribution >= 0.6 is 11.6 Å². The maximum atomic E-state index is 8.70. The van der Waals surface area contributed by atoms with E-state index in [0.29, 0.717) is 6.54 Å². The van der Waals surface area contributed by atoms with Crippen LogP contribution in [0, 0.1) is 0 Å². The molecule has 17 heavy (non-hydrogen) atoms. The van der Waals surface area contributed by atoms with Crippen molar-refractivity contribution in [2.45, 2.75) is 25.8 Å². The summed E-state index contributed by atoms with van der Waals surface area (Å²) in [5.74, 6) is 0. The molecule has 0 saturated carbocycles. The lowest BCUT2D eigenvalue weighted by Crippen LogP contribution is -2.19. The average Bonchev–Trinajstić information content (AvgIpc) is 2.34. The first-order valence-electron chi connectivity index (χ1n) is 5.99. The fraction of sp³-hybridized carbons (Fsp3) is 0.538. The molecule has 0 amide bonds. The van der Waals surface area contributed by atoms with E-state index in [4.69, 9.17) is 22.4 Å². The van der Waals surface area contributed by atoms with E-state index in [1.807, 2.05) is 25.2 Å². The van der Waals surface area contributed by atoms with Gasteiger partial charge in [0.1, 0.15) is 0 Å². The highest BCUT2D eigenvalue weighted by Gasteiger charge is 2.06. The van der Waals surface area contributed by atoms with E-state index in [-0.39, 0.29) is 6.61 Å². The normalized spacial score (nSPS) is 10.6. The summed E-state index contributed by atoms with van der Waals surface area (Å²) < 4.78 is 0. The van der Waals surface area contributed by atoms with Crippen molar-refractivity contribution in [3.8, 4) is 0 Å². The highest BCUT2D eigenvalue weighted by atomic mass is 35.5. The standard InChI is InChI=1S/C13H21ClN2O/c1-16(7-3-2-4-8-17)13-6-5-11(10-15)9-12(13)14/h5-6,9,17H,2-4,7-8,10,15H2,1H3. The largest absolute Gasteiger partial charge is 0.396 e. The van der Waals surface area contributed by atoms with Crippen molar-refractivity contribution in [1.29, 1.82) is 0 Å². The monoisotopic (exact) mass is 256 g/mol. The zero-order valence-corrected chi connectivity index (χ0v) is 11.1. The van der Waals surface area contributed by atoms with Gasteiger partial charge in [-0.2, -0.15) is 0 Å². The Hall–Kier alpha value is -0.770. The molecule has 0 bridgehead atoms. The second kappa shape index (κ2) is 7.54. The van der Waals surface area contributed by atoms with Crippen LogP contribution in [-0.4, -0.2) is 25.3 Å². The fourth-order valence-corrected chi connectivity index (χ4v) is 2.09. The number of nitrogens with two attached hydrogens (primary N) is 1. The van der Waals surface area contributed by atoms with Gasteiger partial charge in [0, 0.05) is 26.7 Å². The molecule has 3 nitrogen and oxygen atoms in total. The molecule has 0 aromatic heterocycles. The first-order chi connectivity index (χ1) is 8.19. The van der Waals surface area contributed by atoms with Crippen LogP contribution in [0.15, 0.2) is 18.2 Å². The fourth-order valence-electron chi connectivity index (χ4n) is 1.74. The summed E-state index contributed by atoms with van der Waals surface area (Å²) in [4.78, 5) is 2.14. The molecule has 1 aromatic rings. The molecule has 0 aliphatic heterocycles. The molecule has 0 saturated heterocycles.